The third kappa shape index (κ3) is 16.9. The monoisotopic (exact) mass is 717 g/mol. The van der Waals surface area contributed by atoms with Gasteiger partial charge in [0.15, 0.2) is 0 Å². The number of ether oxygens (including phenoxy) is 2. The first-order chi connectivity index (χ1) is 23.1. The van der Waals surface area contributed by atoms with E-state index in [9.17, 15) is 19.0 Å². The topological polar surface area (TPSA) is 178 Å². The average molecular weight is 718 g/mol. The van der Waals surface area contributed by atoms with E-state index in [4.69, 9.17) is 24.1 Å². The number of azide groups is 1. The Morgan fingerprint density at radius 3 is 2.35 bits per heavy atom. The summed E-state index contributed by atoms with van der Waals surface area (Å²) in [5.74, 6) is 1.14. The standard InChI is InChI=1S/C33H60N5O8PS/c1-5-7-9-11-12-13-15-17-22-48-30(19-16-14-10-8-6-2)27(4)43-20-18-21-44-47(41,42)45-25-29-28(36-37-34)23-31(46-29)38-24-26(3)32(39)35-33(38)40/h24,27-31H,5-23,25H2,1-4H3,(H,41,42)(H,35,39,40)/t27?,28-,29+,30?,31+/m0/s1. The van der Waals surface area contributed by atoms with Crippen LogP contribution in [-0.2, 0) is 23.1 Å². The summed E-state index contributed by atoms with van der Waals surface area (Å²) in [4.78, 5) is 39.3. The summed E-state index contributed by atoms with van der Waals surface area (Å²) in [5.41, 5.74) is 8.11. The lowest BCUT2D eigenvalue weighted by Crippen LogP contribution is -2.33. The number of aryl methyl sites for hydroxylation is 1. The minimum atomic E-state index is -4.44. The number of aromatic amines is 1. The molecule has 0 radical (unpaired) electrons. The van der Waals surface area contributed by atoms with Crippen LogP contribution in [0.1, 0.15) is 135 Å². The molecule has 1 saturated heterocycles. The van der Waals surface area contributed by atoms with Gasteiger partial charge < -0.3 is 14.4 Å². The molecule has 0 saturated carbocycles. The van der Waals surface area contributed by atoms with Gasteiger partial charge in [0.2, 0.25) is 0 Å². The third-order valence-corrected chi connectivity index (χ3v) is 11.2. The van der Waals surface area contributed by atoms with Gasteiger partial charge in [0, 0.05) is 34.9 Å². The van der Waals surface area contributed by atoms with Crippen LogP contribution in [0.2, 0.25) is 0 Å². The second-order valence-electron chi connectivity index (χ2n) is 12.7. The fourth-order valence-corrected chi connectivity index (χ4v) is 7.84. The molecule has 0 aromatic carbocycles. The maximum absolute atomic E-state index is 12.6. The fourth-order valence-electron chi connectivity index (χ4n) is 5.72. The first-order valence-corrected chi connectivity index (χ1v) is 20.5. The molecular weight excluding hydrogens is 657 g/mol. The minimum Gasteiger partial charge on any atom is -0.377 e. The van der Waals surface area contributed by atoms with Crippen LogP contribution in [-0.4, -0.2) is 63.5 Å². The fraction of sp³-hybridized carbons (Fsp3) is 0.879. The molecule has 48 heavy (non-hydrogen) atoms. The minimum absolute atomic E-state index is 0.0342. The van der Waals surface area contributed by atoms with E-state index >= 15 is 0 Å². The van der Waals surface area contributed by atoms with Gasteiger partial charge >= 0.3 is 13.5 Å². The zero-order valence-corrected chi connectivity index (χ0v) is 31.3. The highest BCUT2D eigenvalue weighted by atomic mass is 32.2. The van der Waals surface area contributed by atoms with Crippen molar-refractivity contribution >= 4 is 19.6 Å². The van der Waals surface area contributed by atoms with Crippen molar-refractivity contribution < 1.29 is 28.0 Å². The van der Waals surface area contributed by atoms with Crippen LogP contribution in [0.5, 0.6) is 0 Å². The summed E-state index contributed by atoms with van der Waals surface area (Å²) in [6.45, 7) is 8.11. The summed E-state index contributed by atoms with van der Waals surface area (Å²) in [5, 5.41) is 4.12. The molecule has 13 nitrogen and oxygen atoms in total. The van der Waals surface area contributed by atoms with E-state index < -0.39 is 44.1 Å². The predicted molar refractivity (Wildman–Crippen MR) is 192 cm³/mol. The van der Waals surface area contributed by atoms with Crippen molar-refractivity contribution in [1.29, 1.82) is 0 Å². The van der Waals surface area contributed by atoms with Crippen molar-refractivity contribution in [2.75, 3.05) is 25.6 Å². The first-order valence-electron chi connectivity index (χ1n) is 18.0. The lowest BCUT2D eigenvalue weighted by atomic mass is 10.1. The molecule has 1 aromatic heterocycles. The Bertz CT molecular complexity index is 1240. The van der Waals surface area contributed by atoms with Crippen molar-refractivity contribution in [2.45, 2.75) is 160 Å². The van der Waals surface area contributed by atoms with E-state index in [2.05, 4.69) is 35.8 Å². The van der Waals surface area contributed by atoms with Crippen LogP contribution >= 0.6 is 19.6 Å². The van der Waals surface area contributed by atoms with Crippen molar-refractivity contribution in [3.8, 4) is 0 Å². The molecule has 1 aromatic rings. The van der Waals surface area contributed by atoms with E-state index in [1.165, 1.54) is 94.2 Å². The lowest BCUT2D eigenvalue weighted by Gasteiger charge is -2.24. The number of unbranched alkanes of at least 4 members (excludes halogenated alkanes) is 11. The lowest BCUT2D eigenvalue weighted by molar-refractivity contribution is -0.0288. The first kappa shape index (κ1) is 42.5. The molecule has 0 amide bonds. The number of hydrogen-bond donors (Lipinski definition) is 2. The highest BCUT2D eigenvalue weighted by Crippen LogP contribution is 2.44. The van der Waals surface area contributed by atoms with Gasteiger partial charge in [0.25, 0.3) is 5.56 Å². The van der Waals surface area contributed by atoms with Crippen LogP contribution in [0.3, 0.4) is 0 Å². The molecule has 0 spiro atoms. The molecule has 2 heterocycles. The molecule has 2 rings (SSSR count). The largest absolute Gasteiger partial charge is 0.472 e. The molecule has 3 unspecified atom stereocenters. The van der Waals surface area contributed by atoms with Crippen molar-refractivity contribution in [3.05, 3.63) is 43.0 Å². The second-order valence-corrected chi connectivity index (χ2v) is 15.5. The Morgan fingerprint density at radius 2 is 1.69 bits per heavy atom. The highest BCUT2D eigenvalue weighted by Gasteiger charge is 2.38. The number of nitrogens with zero attached hydrogens (tertiary/aromatic N) is 4. The van der Waals surface area contributed by atoms with E-state index in [1.54, 1.807) is 6.92 Å². The maximum atomic E-state index is 12.6. The molecule has 6 atom stereocenters. The molecular formula is C33H60N5O8PS. The summed E-state index contributed by atoms with van der Waals surface area (Å²) in [7, 11) is -4.44. The van der Waals surface area contributed by atoms with Gasteiger partial charge in [-0.3, -0.25) is 23.4 Å². The zero-order valence-electron chi connectivity index (χ0n) is 29.6. The number of hydrogen-bond acceptors (Lipinski definition) is 9. The Morgan fingerprint density at radius 1 is 1.04 bits per heavy atom. The number of H-pyrrole nitrogens is 1. The van der Waals surface area contributed by atoms with Gasteiger partial charge in [-0.2, -0.15) is 11.8 Å². The Kier molecular flexibility index (Phi) is 21.7. The Balaban J connectivity index is 1.75. The SMILES string of the molecule is CCCCCCCCCCSC(CCCCCCC)C(C)OCCCOP(=O)(O)OC[C@H]1O[C@@H](n2cc(C)c(=O)[nH]c2=O)C[C@@H]1N=[N+]=[N-]. The van der Waals surface area contributed by atoms with Crippen molar-refractivity contribution in [3.63, 3.8) is 0 Å². The quantitative estimate of drug-likeness (QED) is 0.0283. The van der Waals surface area contributed by atoms with E-state index in [-0.39, 0.29) is 19.1 Å². The predicted octanol–water partition coefficient (Wildman–Crippen LogP) is 8.34. The van der Waals surface area contributed by atoms with E-state index in [1.807, 2.05) is 11.8 Å². The van der Waals surface area contributed by atoms with Crippen molar-refractivity contribution in [1.82, 2.24) is 9.55 Å². The number of phosphoric acid groups is 1. The highest BCUT2D eigenvalue weighted by molar-refractivity contribution is 7.99. The number of rotatable bonds is 28. The van der Waals surface area contributed by atoms with Crippen LogP contribution in [0.25, 0.3) is 10.4 Å². The molecule has 1 aliphatic heterocycles. The number of thioether (sulfide) groups is 1. The Labute approximate surface area is 290 Å². The van der Waals surface area contributed by atoms with Crippen LogP contribution in [0.4, 0.5) is 0 Å². The van der Waals surface area contributed by atoms with Crippen molar-refractivity contribution in [2.24, 2.45) is 5.11 Å². The molecule has 1 aliphatic rings. The number of phosphoric ester groups is 1. The summed E-state index contributed by atoms with van der Waals surface area (Å²) in [6.07, 6.45) is 18.1. The van der Waals surface area contributed by atoms with E-state index in [0.717, 1.165) is 12.2 Å². The van der Waals surface area contributed by atoms with Gasteiger partial charge in [-0.1, -0.05) is 96.0 Å². The van der Waals surface area contributed by atoms with Crippen LogP contribution in [0, 0.1) is 6.92 Å². The molecule has 0 aliphatic carbocycles. The van der Waals surface area contributed by atoms with Gasteiger partial charge in [0.05, 0.1) is 31.5 Å². The number of aromatic nitrogens is 2. The molecule has 15 heteroatoms. The molecule has 2 N–H and O–H groups in total. The van der Waals surface area contributed by atoms with Gasteiger partial charge in [-0.25, -0.2) is 9.36 Å². The summed E-state index contributed by atoms with van der Waals surface area (Å²) < 4.78 is 36.1. The van der Waals surface area contributed by atoms with Gasteiger partial charge in [-0.05, 0) is 44.4 Å². The summed E-state index contributed by atoms with van der Waals surface area (Å²) in [6, 6.07) is -0.762. The van der Waals surface area contributed by atoms with Gasteiger partial charge in [-0.15, -0.1) is 0 Å². The Hall–Kier alpha value is -1.63. The van der Waals surface area contributed by atoms with Crippen LogP contribution < -0.4 is 11.2 Å². The average Bonchev–Trinajstić information content (AvgIpc) is 3.45. The van der Waals surface area contributed by atoms with Gasteiger partial charge in [0.1, 0.15) is 6.23 Å². The zero-order chi connectivity index (χ0) is 35.2. The smallest absolute Gasteiger partial charge is 0.377 e. The number of nitrogens with one attached hydrogen (secondary N) is 1. The molecule has 276 valence electrons. The third-order valence-electron chi connectivity index (χ3n) is 8.63. The van der Waals surface area contributed by atoms with Crippen LogP contribution in [0.15, 0.2) is 20.9 Å². The molecule has 0 bridgehead atoms. The van der Waals surface area contributed by atoms with E-state index in [0.29, 0.717) is 23.8 Å². The maximum Gasteiger partial charge on any atom is 0.472 e. The molecule has 1 fully saturated rings. The second kappa shape index (κ2) is 24.5. The summed E-state index contributed by atoms with van der Waals surface area (Å²) >= 11 is 2.02. The normalized spacial score (nSPS) is 20.3.